The molecule has 128 valence electrons. The van der Waals surface area contributed by atoms with Crippen molar-refractivity contribution in [1.82, 2.24) is 4.57 Å². The number of ether oxygens (including phenoxy) is 1. The summed E-state index contributed by atoms with van der Waals surface area (Å²) in [5, 5.41) is 11.7. The topological polar surface area (TPSA) is 111 Å². The van der Waals surface area contributed by atoms with E-state index in [0.29, 0.717) is 11.4 Å². The van der Waals surface area contributed by atoms with Gasteiger partial charge in [-0.3, -0.25) is 9.36 Å². The van der Waals surface area contributed by atoms with Gasteiger partial charge < -0.3 is 19.6 Å². The molecule has 8 nitrogen and oxygen atoms in total. The van der Waals surface area contributed by atoms with E-state index in [0.717, 1.165) is 4.57 Å². The van der Waals surface area contributed by atoms with Crippen LogP contribution in [0, 0.1) is 0 Å². The van der Waals surface area contributed by atoms with Crippen LogP contribution in [0.1, 0.15) is 10.4 Å². The highest BCUT2D eigenvalue weighted by molar-refractivity contribution is 5.93. The van der Waals surface area contributed by atoms with Gasteiger partial charge >= 0.3 is 11.7 Å². The van der Waals surface area contributed by atoms with Crippen molar-refractivity contribution < 1.29 is 23.8 Å². The molecule has 0 saturated carbocycles. The van der Waals surface area contributed by atoms with Crippen LogP contribution in [-0.4, -0.2) is 28.7 Å². The third-order valence-electron chi connectivity index (χ3n) is 3.59. The number of aromatic nitrogens is 1. The van der Waals surface area contributed by atoms with E-state index in [1.807, 2.05) is 0 Å². The van der Waals surface area contributed by atoms with E-state index in [1.165, 1.54) is 25.3 Å². The third-order valence-corrected chi connectivity index (χ3v) is 3.59. The molecule has 8 heteroatoms. The summed E-state index contributed by atoms with van der Waals surface area (Å²) in [6.07, 6.45) is 0. The Morgan fingerprint density at radius 1 is 1.20 bits per heavy atom. The summed E-state index contributed by atoms with van der Waals surface area (Å²) in [7, 11) is 1.54. The number of oxazole rings is 1. The molecule has 25 heavy (non-hydrogen) atoms. The molecule has 3 rings (SSSR count). The van der Waals surface area contributed by atoms with E-state index in [-0.39, 0.29) is 23.2 Å². The molecule has 2 aromatic carbocycles. The molecule has 0 atom stereocenters. The molecule has 1 amide bonds. The number of hydrogen-bond acceptors (Lipinski definition) is 5. The number of methoxy groups -OCH3 is 1. The fraction of sp³-hybridized carbons (Fsp3) is 0.118. The molecule has 0 radical (unpaired) electrons. The van der Waals surface area contributed by atoms with E-state index in [9.17, 15) is 14.4 Å². The second kappa shape index (κ2) is 6.52. The van der Waals surface area contributed by atoms with Crippen LogP contribution < -0.4 is 15.8 Å². The van der Waals surface area contributed by atoms with E-state index in [4.69, 9.17) is 14.3 Å². The smallest absolute Gasteiger partial charge is 0.420 e. The zero-order valence-corrected chi connectivity index (χ0v) is 13.2. The molecule has 2 N–H and O–H groups in total. The molecular weight excluding hydrogens is 328 g/mol. The first-order valence-electron chi connectivity index (χ1n) is 7.28. The van der Waals surface area contributed by atoms with E-state index in [2.05, 4.69) is 5.32 Å². The predicted octanol–water partition coefficient (Wildman–Crippen LogP) is 1.94. The largest absolute Gasteiger partial charge is 0.497 e. The van der Waals surface area contributed by atoms with Gasteiger partial charge in [-0.05, 0) is 42.5 Å². The minimum Gasteiger partial charge on any atom is -0.497 e. The minimum atomic E-state index is -1.13. The van der Waals surface area contributed by atoms with Crippen LogP contribution in [-0.2, 0) is 11.3 Å². The number of benzene rings is 2. The van der Waals surface area contributed by atoms with Crippen LogP contribution in [0.2, 0.25) is 0 Å². The second-order valence-electron chi connectivity index (χ2n) is 5.22. The zero-order chi connectivity index (χ0) is 18.0. The van der Waals surface area contributed by atoms with Crippen molar-refractivity contribution in [3.8, 4) is 5.75 Å². The summed E-state index contributed by atoms with van der Waals surface area (Å²) in [5.41, 5.74) is 0.998. The van der Waals surface area contributed by atoms with Crippen molar-refractivity contribution in [2.24, 2.45) is 0 Å². The molecular formula is C17H14N2O6. The molecule has 3 aromatic rings. The van der Waals surface area contributed by atoms with Gasteiger partial charge in [-0.2, -0.15) is 0 Å². The van der Waals surface area contributed by atoms with Crippen molar-refractivity contribution in [2.75, 3.05) is 12.4 Å². The number of carbonyl (C=O) groups excluding carboxylic acids is 1. The number of amides is 1. The molecule has 0 fully saturated rings. The zero-order valence-electron chi connectivity index (χ0n) is 13.2. The summed E-state index contributed by atoms with van der Waals surface area (Å²) in [6, 6.07) is 10.7. The van der Waals surface area contributed by atoms with Crippen molar-refractivity contribution in [3.05, 3.63) is 58.6 Å². The van der Waals surface area contributed by atoms with Crippen LogP contribution in [0.25, 0.3) is 11.1 Å². The number of carbonyl (C=O) groups is 2. The highest BCUT2D eigenvalue weighted by Gasteiger charge is 2.15. The molecule has 0 spiro atoms. The minimum absolute atomic E-state index is 0.00221. The summed E-state index contributed by atoms with van der Waals surface area (Å²) in [5.74, 6) is -1.67. The SMILES string of the molecule is COc1ccc(NC(=O)Cn2c(=O)oc3ccc(C(=O)O)cc32)cc1. The highest BCUT2D eigenvalue weighted by Crippen LogP contribution is 2.17. The molecule has 0 aliphatic rings. The number of hydrogen-bond donors (Lipinski definition) is 2. The fourth-order valence-corrected chi connectivity index (χ4v) is 2.36. The lowest BCUT2D eigenvalue weighted by molar-refractivity contribution is -0.116. The number of carboxylic acid groups (broad SMARTS) is 1. The Morgan fingerprint density at radius 2 is 1.92 bits per heavy atom. The Hall–Kier alpha value is -3.55. The number of rotatable bonds is 5. The molecule has 0 saturated heterocycles. The Labute approximate surface area is 141 Å². The molecule has 1 heterocycles. The van der Waals surface area contributed by atoms with Crippen molar-refractivity contribution >= 4 is 28.7 Å². The van der Waals surface area contributed by atoms with E-state index >= 15 is 0 Å². The quantitative estimate of drug-likeness (QED) is 0.733. The predicted molar refractivity (Wildman–Crippen MR) is 89.1 cm³/mol. The summed E-state index contributed by atoms with van der Waals surface area (Å²) < 4.78 is 11.2. The van der Waals surface area contributed by atoms with Crippen LogP contribution in [0.15, 0.2) is 51.7 Å². The maximum Gasteiger partial charge on any atom is 0.420 e. The first kappa shape index (κ1) is 16.3. The lowest BCUT2D eigenvalue weighted by Crippen LogP contribution is -2.24. The van der Waals surface area contributed by atoms with Gasteiger partial charge in [-0.15, -0.1) is 0 Å². The molecule has 0 aliphatic carbocycles. The summed E-state index contributed by atoms with van der Waals surface area (Å²) in [4.78, 5) is 35.2. The lowest BCUT2D eigenvalue weighted by Gasteiger charge is -2.07. The van der Waals surface area contributed by atoms with Crippen LogP contribution in [0.3, 0.4) is 0 Å². The number of carboxylic acids is 1. The first-order valence-corrected chi connectivity index (χ1v) is 7.28. The van der Waals surface area contributed by atoms with Gasteiger partial charge in [-0.1, -0.05) is 0 Å². The average Bonchev–Trinajstić information content (AvgIpc) is 2.90. The van der Waals surface area contributed by atoms with Crippen molar-refractivity contribution in [2.45, 2.75) is 6.54 Å². The van der Waals surface area contributed by atoms with Gasteiger partial charge in [0.05, 0.1) is 18.2 Å². The number of aromatic carboxylic acids is 1. The fourth-order valence-electron chi connectivity index (χ4n) is 2.36. The normalized spacial score (nSPS) is 10.6. The second-order valence-corrected chi connectivity index (χ2v) is 5.22. The Morgan fingerprint density at radius 3 is 2.56 bits per heavy atom. The maximum absolute atomic E-state index is 12.2. The van der Waals surface area contributed by atoms with Gasteiger partial charge in [0.2, 0.25) is 5.91 Å². The highest BCUT2D eigenvalue weighted by atomic mass is 16.5. The Bertz CT molecular complexity index is 1000. The van der Waals surface area contributed by atoms with Gasteiger partial charge in [0.15, 0.2) is 5.58 Å². The summed E-state index contributed by atoms with van der Waals surface area (Å²) in [6.45, 7) is -0.305. The van der Waals surface area contributed by atoms with Crippen LogP contribution in [0.4, 0.5) is 5.69 Å². The number of fused-ring (bicyclic) bond motifs is 1. The standard InChI is InChI=1S/C17H14N2O6/c1-24-12-5-3-11(4-6-12)18-15(20)9-19-13-8-10(16(21)22)2-7-14(13)25-17(19)23/h2-8H,9H2,1H3,(H,18,20)(H,21,22). The molecule has 0 unspecified atom stereocenters. The molecule has 1 aromatic heterocycles. The molecule has 0 bridgehead atoms. The first-order chi connectivity index (χ1) is 12.0. The van der Waals surface area contributed by atoms with Gasteiger partial charge in [0.25, 0.3) is 0 Å². The number of anilines is 1. The Kier molecular flexibility index (Phi) is 4.25. The number of nitrogens with one attached hydrogen (secondary N) is 1. The Balaban J connectivity index is 1.84. The van der Waals surface area contributed by atoms with Gasteiger partial charge in [0, 0.05) is 5.69 Å². The summed E-state index contributed by atoms with van der Waals surface area (Å²) >= 11 is 0. The average molecular weight is 342 g/mol. The van der Waals surface area contributed by atoms with Gasteiger partial charge in [-0.25, -0.2) is 9.59 Å². The van der Waals surface area contributed by atoms with E-state index in [1.54, 1.807) is 24.3 Å². The van der Waals surface area contributed by atoms with E-state index < -0.39 is 17.6 Å². The lowest BCUT2D eigenvalue weighted by atomic mass is 10.2. The van der Waals surface area contributed by atoms with Crippen molar-refractivity contribution in [1.29, 1.82) is 0 Å². The number of nitrogens with zero attached hydrogens (tertiary/aromatic N) is 1. The third kappa shape index (κ3) is 3.37. The van der Waals surface area contributed by atoms with Gasteiger partial charge in [0.1, 0.15) is 12.3 Å². The maximum atomic E-state index is 12.2. The monoisotopic (exact) mass is 342 g/mol. The van der Waals surface area contributed by atoms with Crippen LogP contribution in [0.5, 0.6) is 5.75 Å². The molecule has 0 aliphatic heterocycles. The van der Waals surface area contributed by atoms with Crippen molar-refractivity contribution in [3.63, 3.8) is 0 Å². The van der Waals surface area contributed by atoms with Crippen LogP contribution >= 0.6 is 0 Å².